The Morgan fingerprint density at radius 1 is 1.10 bits per heavy atom. The van der Waals surface area contributed by atoms with Crippen LogP contribution in [0, 0.1) is 0 Å². The molecule has 2 amide bonds. The Labute approximate surface area is 124 Å². The summed E-state index contributed by atoms with van der Waals surface area (Å²) in [6.07, 6.45) is 3.43. The van der Waals surface area contributed by atoms with E-state index in [-0.39, 0.29) is 11.7 Å². The maximum atomic E-state index is 12.0. The van der Waals surface area contributed by atoms with Crippen LogP contribution >= 0.6 is 0 Å². The molecule has 0 saturated carbocycles. The number of amides is 2. The van der Waals surface area contributed by atoms with E-state index in [1.54, 1.807) is 31.2 Å². The molecule has 5 nitrogen and oxygen atoms in total. The van der Waals surface area contributed by atoms with E-state index in [1.807, 2.05) is 6.07 Å². The number of primary amides is 1. The Hall–Kier alpha value is -2.17. The summed E-state index contributed by atoms with van der Waals surface area (Å²) in [5.41, 5.74) is 5.82. The van der Waals surface area contributed by atoms with Crippen LogP contribution in [0.2, 0.25) is 0 Å². The highest BCUT2D eigenvalue weighted by molar-refractivity contribution is 5.97. The minimum atomic E-state index is -0.671. The van der Waals surface area contributed by atoms with E-state index in [0.29, 0.717) is 18.4 Å². The topological polar surface area (TPSA) is 89.3 Å². The number of unbranched alkanes of at least 4 members (excludes halogenated alkanes) is 2. The highest BCUT2D eigenvalue weighted by Crippen LogP contribution is 2.07. The highest BCUT2D eigenvalue weighted by Gasteiger charge is 2.18. The molecule has 1 atom stereocenters. The molecule has 0 aliphatic rings. The molecule has 0 fully saturated rings. The van der Waals surface area contributed by atoms with E-state index in [1.165, 1.54) is 0 Å². The van der Waals surface area contributed by atoms with E-state index in [4.69, 9.17) is 5.73 Å². The van der Waals surface area contributed by atoms with Gasteiger partial charge < -0.3 is 15.8 Å². The Bertz CT molecular complexity index is 486. The summed E-state index contributed by atoms with van der Waals surface area (Å²) in [5, 5.41) is 2.65. The minimum Gasteiger partial charge on any atom is -0.368 e. The van der Waals surface area contributed by atoms with Crippen molar-refractivity contribution in [1.82, 2.24) is 5.32 Å². The van der Waals surface area contributed by atoms with Crippen LogP contribution in [0.5, 0.6) is 0 Å². The quantitative estimate of drug-likeness (QED) is 0.680. The second-order valence-electron chi connectivity index (χ2n) is 5.10. The molecular formula is C16H22N2O3. The number of Topliss-reactive ketones (excluding diaryl/α,β-unsaturated/α-hetero) is 1. The Kier molecular flexibility index (Phi) is 7.15. The normalized spacial score (nSPS) is 11.7. The lowest BCUT2D eigenvalue weighted by Crippen LogP contribution is -2.44. The third-order valence-electron chi connectivity index (χ3n) is 3.21. The zero-order chi connectivity index (χ0) is 15.7. The van der Waals surface area contributed by atoms with E-state index in [0.717, 1.165) is 19.3 Å². The fourth-order valence-corrected chi connectivity index (χ4v) is 2.02. The van der Waals surface area contributed by atoms with Crippen LogP contribution in [0.3, 0.4) is 0 Å². The molecule has 0 aromatic heterocycles. The average Bonchev–Trinajstić information content (AvgIpc) is 2.45. The summed E-state index contributed by atoms with van der Waals surface area (Å²) < 4.78 is 0. The van der Waals surface area contributed by atoms with Gasteiger partial charge >= 0.3 is 0 Å². The number of hydrogen-bond acceptors (Lipinski definition) is 3. The van der Waals surface area contributed by atoms with Gasteiger partial charge in [-0.1, -0.05) is 31.0 Å². The molecule has 0 saturated heterocycles. The average molecular weight is 290 g/mol. The van der Waals surface area contributed by atoms with Crippen molar-refractivity contribution < 1.29 is 14.4 Å². The molecule has 0 spiro atoms. The number of nitrogens with two attached hydrogens (primary N) is 1. The zero-order valence-electron chi connectivity index (χ0n) is 12.3. The second kappa shape index (κ2) is 8.89. The van der Waals surface area contributed by atoms with Crippen molar-refractivity contribution in [3.05, 3.63) is 35.9 Å². The highest BCUT2D eigenvalue weighted by atomic mass is 16.2. The van der Waals surface area contributed by atoms with Crippen LogP contribution in [-0.4, -0.2) is 23.6 Å². The maximum Gasteiger partial charge on any atom is 0.251 e. The lowest BCUT2D eigenvalue weighted by Gasteiger charge is -2.15. The Morgan fingerprint density at radius 2 is 1.76 bits per heavy atom. The van der Waals surface area contributed by atoms with Crippen molar-refractivity contribution >= 4 is 17.6 Å². The summed E-state index contributed by atoms with van der Waals surface area (Å²) in [4.78, 5) is 34.2. The van der Waals surface area contributed by atoms with E-state index in [2.05, 4.69) is 5.32 Å². The molecule has 0 aliphatic heterocycles. The lowest BCUT2D eigenvalue weighted by atomic mass is 10.1. The Balaban J connectivity index is 2.41. The number of rotatable bonds is 9. The largest absolute Gasteiger partial charge is 0.368 e. The predicted octanol–water partition coefficient (Wildman–Crippen LogP) is 1.81. The standard InChI is InChI=1S/C16H22N2O3/c1-12(19)8-4-2-7-11-14(15(17)20)18-16(21)13-9-5-3-6-10-13/h3,5-6,9-10,14H,2,4,7-8,11H2,1H3,(H2,17,20)(H,18,21)/t14-/m0/s1. The van der Waals surface area contributed by atoms with Gasteiger partial charge in [0, 0.05) is 12.0 Å². The van der Waals surface area contributed by atoms with Crippen LogP contribution < -0.4 is 11.1 Å². The molecule has 5 heteroatoms. The fourth-order valence-electron chi connectivity index (χ4n) is 2.02. The molecule has 0 bridgehead atoms. The zero-order valence-corrected chi connectivity index (χ0v) is 12.3. The number of carbonyl (C=O) groups is 3. The van der Waals surface area contributed by atoms with Crippen molar-refractivity contribution in [3.63, 3.8) is 0 Å². The van der Waals surface area contributed by atoms with Crippen LogP contribution in [0.25, 0.3) is 0 Å². The number of benzene rings is 1. The molecule has 21 heavy (non-hydrogen) atoms. The van der Waals surface area contributed by atoms with E-state index >= 15 is 0 Å². The molecule has 0 unspecified atom stereocenters. The number of nitrogens with one attached hydrogen (secondary N) is 1. The SMILES string of the molecule is CC(=O)CCCCC[C@H](NC(=O)c1ccccc1)C(N)=O. The molecule has 114 valence electrons. The van der Waals surface area contributed by atoms with Crippen LogP contribution in [0.4, 0.5) is 0 Å². The summed E-state index contributed by atoms with van der Waals surface area (Å²) in [6.45, 7) is 1.56. The summed E-state index contributed by atoms with van der Waals surface area (Å²) >= 11 is 0. The van der Waals surface area contributed by atoms with Gasteiger partial charge in [0.2, 0.25) is 5.91 Å². The molecular weight excluding hydrogens is 268 g/mol. The fraction of sp³-hybridized carbons (Fsp3) is 0.438. The van der Waals surface area contributed by atoms with Gasteiger partial charge in [-0.15, -0.1) is 0 Å². The van der Waals surface area contributed by atoms with Crippen LogP contribution in [-0.2, 0) is 9.59 Å². The van der Waals surface area contributed by atoms with Gasteiger partial charge in [0.25, 0.3) is 5.91 Å². The molecule has 1 aromatic carbocycles. The first-order chi connectivity index (χ1) is 10.0. The van der Waals surface area contributed by atoms with Gasteiger partial charge in [0.15, 0.2) is 0 Å². The molecule has 0 radical (unpaired) electrons. The number of hydrogen-bond donors (Lipinski definition) is 2. The first-order valence-electron chi connectivity index (χ1n) is 7.15. The van der Waals surface area contributed by atoms with Crippen molar-refractivity contribution in [2.24, 2.45) is 5.73 Å². The molecule has 1 aromatic rings. The maximum absolute atomic E-state index is 12.0. The van der Waals surface area contributed by atoms with Gasteiger partial charge in [-0.25, -0.2) is 0 Å². The lowest BCUT2D eigenvalue weighted by molar-refractivity contribution is -0.120. The second-order valence-corrected chi connectivity index (χ2v) is 5.10. The third kappa shape index (κ3) is 6.70. The summed E-state index contributed by atoms with van der Waals surface area (Å²) in [5.74, 6) is -0.673. The third-order valence-corrected chi connectivity index (χ3v) is 3.21. The van der Waals surface area contributed by atoms with Crippen molar-refractivity contribution in [2.75, 3.05) is 0 Å². The first kappa shape index (κ1) is 16.9. The summed E-state index contributed by atoms with van der Waals surface area (Å²) in [6, 6.07) is 8.03. The van der Waals surface area contributed by atoms with Gasteiger partial charge in [0.1, 0.15) is 11.8 Å². The molecule has 1 rings (SSSR count). The van der Waals surface area contributed by atoms with Gasteiger partial charge in [-0.3, -0.25) is 9.59 Å². The van der Waals surface area contributed by atoms with Crippen molar-refractivity contribution in [2.45, 2.75) is 45.1 Å². The van der Waals surface area contributed by atoms with Gasteiger partial charge in [-0.2, -0.15) is 0 Å². The molecule has 0 heterocycles. The first-order valence-corrected chi connectivity index (χ1v) is 7.15. The van der Waals surface area contributed by atoms with E-state index in [9.17, 15) is 14.4 Å². The van der Waals surface area contributed by atoms with Crippen LogP contribution in [0.15, 0.2) is 30.3 Å². The molecule has 0 aliphatic carbocycles. The number of ketones is 1. The van der Waals surface area contributed by atoms with Crippen molar-refractivity contribution in [3.8, 4) is 0 Å². The Morgan fingerprint density at radius 3 is 2.33 bits per heavy atom. The summed E-state index contributed by atoms with van der Waals surface area (Å²) in [7, 11) is 0. The van der Waals surface area contributed by atoms with Crippen molar-refractivity contribution in [1.29, 1.82) is 0 Å². The predicted molar refractivity (Wildman–Crippen MR) is 80.7 cm³/mol. The number of carbonyl (C=O) groups excluding carboxylic acids is 3. The van der Waals surface area contributed by atoms with Gasteiger partial charge in [0.05, 0.1) is 0 Å². The minimum absolute atomic E-state index is 0.166. The van der Waals surface area contributed by atoms with Crippen LogP contribution in [0.1, 0.15) is 49.4 Å². The smallest absolute Gasteiger partial charge is 0.251 e. The molecule has 3 N–H and O–H groups in total. The van der Waals surface area contributed by atoms with E-state index < -0.39 is 11.9 Å². The van der Waals surface area contributed by atoms with Gasteiger partial charge in [-0.05, 0) is 31.9 Å². The monoisotopic (exact) mass is 290 g/mol.